The second-order valence-corrected chi connectivity index (χ2v) is 8.80. The highest BCUT2D eigenvalue weighted by molar-refractivity contribution is 7.99. The molecule has 0 saturated heterocycles. The maximum Gasteiger partial charge on any atom is 0.325 e. The van der Waals surface area contributed by atoms with Crippen LogP contribution < -0.4 is 25.7 Å². The second kappa shape index (κ2) is 9.45. The van der Waals surface area contributed by atoms with Crippen molar-refractivity contribution in [2.45, 2.75) is 25.0 Å². The molecule has 0 saturated carbocycles. The van der Waals surface area contributed by atoms with Crippen LogP contribution in [-0.4, -0.2) is 34.0 Å². The van der Waals surface area contributed by atoms with E-state index in [1.807, 2.05) is 13.0 Å². The molecule has 0 atom stereocenters. The number of carbonyl (C=O) groups is 2. The average molecular weight is 473 g/mol. The summed E-state index contributed by atoms with van der Waals surface area (Å²) in [6.07, 6.45) is 2.41. The Morgan fingerprint density at radius 3 is 2.91 bits per heavy atom. The number of hydrogen-bond acceptors (Lipinski definition) is 8. The fourth-order valence-electron chi connectivity index (χ4n) is 3.05. The van der Waals surface area contributed by atoms with E-state index in [4.69, 9.17) is 9.47 Å². The molecule has 0 unspecified atom stereocenters. The van der Waals surface area contributed by atoms with Gasteiger partial charge in [-0.3, -0.25) is 19.5 Å². The highest BCUT2D eigenvalue weighted by atomic mass is 32.2. The molecule has 0 spiro atoms. The Balaban J connectivity index is 1.41. The zero-order chi connectivity index (χ0) is 22.7. The fourth-order valence-corrected chi connectivity index (χ4v) is 4.87. The third-order valence-electron chi connectivity index (χ3n) is 4.54. The van der Waals surface area contributed by atoms with E-state index < -0.39 is 11.9 Å². The number of thiophene rings is 1. The van der Waals surface area contributed by atoms with E-state index >= 15 is 0 Å². The van der Waals surface area contributed by atoms with Crippen molar-refractivity contribution >= 4 is 50.9 Å². The average Bonchev–Trinajstić information content (AvgIpc) is 3.40. The van der Waals surface area contributed by atoms with Crippen molar-refractivity contribution in [2.75, 3.05) is 17.9 Å². The number of aryl methyl sites for hydroxylation is 1. The van der Waals surface area contributed by atoms with E-state index in [0.29, 0.717) is 32.6 Å². The van der Waals surface area contributed by atoms with Crippen molar-refractivity contribution in [1.29, 1.82) is 0 Å². The first kappa shape index (κ1) is 21.9. The van der Waals surface area contributed by atoms with Crippen LogP contribution >= 0.6 is 23.1 Å². The summed E-state index contributed by atoms with van der Waals surface area (Å²) in [4.78, 5) is 43.6. The Morgan fingerprint density at radius 2 is 2.12 bits per heavy atom. The lowest BCUT2D eigenvalue weighted by atomic mass is 10.3. The molecule has 11 heteroatoms. The van der Waals surface area contributed by atoms with Crippen molar-refractivity contribution in [3.05, 3.63) is 52.2 Å². The first-order valence-corrected chi connectivity index (χ1v) is 11.6. The van der Waals surface area contributed by atoms with Crippen molar-refractivity contribution < 1.29 is 19.1 Å². The van der Waals surface area contributed by atoms with Gasteiger partial charge in [-0.05, 0) is 24.6 Å². The molecule has 2 aromatic heterocycles. The molecule has 1 aliphatic rings. The molecule has 1 aromatic carbocycles. The predicted molar refractivity (Wildman–Crippen MR) is 124 cm³/mol. The summed E-state index contributed by atoms with van der Waals surface area (Å²) in [5, 5.41) is 5.81. The normalized spacial score (nSPS) is 12.0. The van der Waals surface area contributed by atoms with Crippen LogP contribution in [0.15, 0.2) is 46.9 Å². The summed E-state index contributed by atoms with van der Waals surface area (Å²) in [6, 6.07) is 6.11. The third-order valence-corrected chi connectivity index (χ3v) is 6.69. The smallest absolute Gasteiger partial charge is 0.325 e. The van der Waals surface area contributed by atoms with E-state index in [9.17, 15) is 14.4 Å². The van der Waals surface area contributed by atoms with Gasteiger partial charge >= 0.3 is 6.03 Å². The summed E-state index contributed by atoms with van der Waals surface area (Å²) in [5.74, 6) is 0.505. The van der Waals surface area contributed by atoms with Gasteiger partial charge in [0, 0.05) is 23.2 Å². The van der Waals surface area contributed by atoms with Gasteiger partial charge in [-0.15, -0.1) is 17.9 Å². The van der Waals surface area contributed by atoms with Crippen LogP contribution in [-0.2, 0) is 17.8 Å². The van der Waals surface area contributed by atoms with Crippen LogP contribution in [0.3, 0.4) is 0 Å². The van der Waals surface area contributed by atoms with Crippen LogP contribution in [0.2, 0.25) is 0 Å². The molecule has 3 aromatic rings. The zero-order valence-corrected chi connectivity index (χ0v) is 18.8. The van der Waals surface area contributed by atoms with Gasteiger partial charge in [-0.2, -0.15) is 0 Å². The van der Waals surface area contributed by atoms with Gasteiger partial charge in [-0.1, -0.05) is 24.8 Å². The summed E-state index contributed by atoms with van der Waals surface area (Å²) in [6.45, 7) is 6.11. The molecule has 0 radical (unpaired) electrons. The van der Waals surface area contributed by atoms with Gasteiger partial charge in [0.05, 0.1) is 11.1 Å². The van der Waals surface area contributed by atoms with E-state index in [2.05, 4.69) is 22.2 Å². The van der Waals surface area contributed by atoms with Gasteiger partial charge in [0.25, 0.3) is 5.56 Å². The molecular weight excluding hydrogens is 452 g/mol. The van der Waals surface area contributed by atoms with Gasteiger partial charge in [0.15, 0.2) is 16.7 Å². The molecule has 4 rings (SSSR count). The Morgan fingerprint density at radius 1 is 1.31 bits per heavy atom. The molecule has 0 aliphatic carbocycles. The van der Waals surface area contributed by atoms with Crippen molar-refractivity contribution in [3.63, 3.8) is 0 Å². The lowest BCUT2D eigenvalue weighted by molar-refractivity contribution is -0.117. The van der Waals surface area contributed by atoms with Crippen molar-refractivity contribution in [1.82, 2.24) is 14.9 Å². The number of nitrogens with zero attached hydrogens (tertiary/aromatic N) is 2. The third kappa shape index (κ3) is 4.63. The largest absolute Gasteiger partial charge is 0.454 e. The number of rotatable bonds is 7. The first-order valence-electron chi connectivity index (χ1n) is 9.76. The molecule has 3 heterocycles. The maximum absolute atomic E-state index is 12.9. The second-order valence-electron chi connectivity index (χ2n) is 6.74. The molecule has 9 nitrogen and oxygen atoms in total. The number of hydrogen-bond donors (Lipinski definition) is 2. The minimum absolute atomic E-state index is 0.0876. The monoisotopic (exact) mass is 472 g/mol. The number of amides is 3. The van der Waals surface area contributed by atoms with E-state index in [1.165, 1.54) is 15.9 Å². The number of ether oxygens (including phenoxy) is 2. The number of carbonyl (C=O) groups excluding carboxylic acids is 2. The topological polar surface area (TPSA) is 112 Å². The standard InChI is InChI=1S/C21H20N4O5S2/c1-3-7-25-19(27)14-9-13(4-2)32-18(14)24-21(25)31-10-17(26)23-20(28)22-12-5-6-15-16(8-12)30-11-29-15/h3,5-6,8-9H,1,4,7,10-11H2,2H3,(H2,22,23,26,28). The maximum atomic E-state index is 12.9. The molecule has 166 valence electrons. The van der Waals surface area contributed by atoms with Crippen LogP contribution in [0.1, 0.15) is 11.8 Å². The summed E-state index contributed by atoms with van der Waals surface area (Å²) >= 11 is 2.55. The van der Waals surface area contributed by atoms with Crippen LogP contribution in [0.4, 0.5) is 10.5 Å². The van der Waals surface area contributed by atoms with Crippen molar-refractivity contribution in [3.8, 4) is 11.5 Å². The Labute approximate surface area is 191 Å². The molecule has 0 fully saturated rings. The lowest BCUT2D eigenvalue weighted by Gasteiger charge is -2.10. The van der Waals surface area contributed by atoms with Gasteiger partial charge in [0.1, 0.15) is 4.83 Å². The minimum Gasteiger partial charge on any atom is -0.454 e. The Kier molecular flexibility index (Phi) is 6.47. The molecule has 32 heavy (non-hydrogen) atoms. The zero-order valence-electron chi connectivity index (χ0n) is 17.2. The first-order chi connectivity index (χ1) is 15.5. The summed E-state index contributed by atoms with van der Waals surface area (Å²) < 4.78 is 12.0. The van der Waals surface area contributed by atoms with E-state index in [1.54, 1.807) is 24.3 Å². The highest BCUT2D eigenvalue weighted by Crippen LogP contribution is 2.34. The summed E-state index contributed by atoms with van der Waals surface area (Å²) in [7, 11) is 0. The van der Waals surface area contributed by atoms with Crippen LogP contribution in [0.5, 0.6) is 11.5 Å². The quantitative estimate of drug-likeness (QED) is 0.308. The van der Waals surface area contributed by atoms with Crippen molar-refractivity contribution in [2.24, 2.45) is 0 Å². The molecular formula is C21H20N4O5S2. The van der Waals surface area contributed by atoms with Crippen LogP contribution in [0.25, 0.3) is 10.2 Å². The number of aromatic nitrogens is 2. The molecule has 3 amide bonds. The van der Waals surface area contributed by atoms with Crippen LogP contribution in [0, 0.1) is 0 Å². The number of anilines is 1. The lowest BCUT2D eigenvalue weighted by Crippen LogP contribution is -2.35. The number of fused-ring (bicyclic) bond motifs is 2. The molecule has 1 aliphatic heterocycles. The number of allylic oxidation sites excluding steroid dienone is 1. The summed E-state index contributed by atoms with van der Waals surface area (Å²) in [5.41, 5.74) is 0.290. The SMILES string of the molecule is C=CCn1c(SCC(=O)NC(=O)Nc2ccc3c(c2)OCO3)nc2sc(CC)cc2c1=O. The number of urea groups is 1. The molecule has 2 N–H and O–H groups in total. The number of benzene rings is 1. The fraction of sp³-hybridized carbons (Fsp3) is 0.238. The van der Waals surface area contributed by atoms with Gasteiger partial charge < -0.3 is 14.8 Å². The van der Waals surface area contributed by atoms with Gasteiger partial charge in [0.2, 0.25) is 12.7 Å². The van der Waals surface area contributed by atoms with Gasteiger partial charge in [-0.25, -0.2) is 9.78 Å². The van der Waals surface area contributed by atoms with E-state index in [-0.39, 0.29) is 24.6 Å². The highest BCUT2D eigenvalue weighted by Gasteiger charge is 2.17. The number of imide groups is 1. The van der Waals surface area contributed by atoms with E-state index in [0.717, 1.165) is 23.1 Å². The Bertz CT molecular complexity index is 1270. The molecule has 0 bridgehead atoms. The minimum atomic E-state index is -0.674. The predicted octanol–water partition coefficient (Wildman–Crippen LogP) is 3.38. The number of nitrogens with one attached hydrogen (secondary N) is 2. The Hall–Kier alpha value is -3.31. The number of thioether (sulfide) groups is 1.